The van der Waals surface area contributed by atoms with Gasteiger partial charge in [-0.1, -0.05) is 18.7 Å². The molecule has 3 aliphatic heterocycles. The molecule has 2 saturated heterocycles. The van der Waals surface area contributed by atoms with E-state index < -0.39 is 23.6 Å². The van der Waals surface area contributed by atoms with Gasteiger partial charge in [-0.3, -0.25) is 9.59 Å². The van der Waals surface area contributed by atoms with Crippen LogP contribution in [0.4, 0.5) is 14.6 Å². The van der Waals surface area contributed by atoms with E-state index in [-0.39, 0.29) is 66.1 Å². The number of pyridine rings is 1. The Balaban J connectivity index is 1.65. The molecule has 0 saturated carbocycles. The number of aromatic nitrogens is 1. The summed E-state index contributed by atoms with van der Waals surface area (Å²) in [5, 5.41) is 0. The van der Waals surface area contributed by atoms with E-state index in [0.717, 1.165) is 0 Å². The van der Waals surface area contributed by atoms with Gasteiger partial charge in [-0.15, -0.1) is 0 Å². The van der Waals surface area contributed by atoms with Gasteiger partial charge in [0, 0.05) is 44.9 Å². The molecule has 1 aromatic heterocycles. The van der Waals surface area contributed by atoms with Crippen molar-refractivity contribution in [3.05, 3.63) is 54.1 Å². The van der Waals surface area contributed by atoms with Crippen LogP contribution in [0.1, 0.15) is 23.7 Å². The molecule has 0 spiro atoms. The standard InChI is InChI=1S/C26H28F2N4O4/c1-4-20(33)30-9-10-31-16(12-30)14-36-24-21(26(31)34)25(32-13-17(35-3)11-15(32)2)29-23(22(24)28)18-7-5-6-8-19(18)27/h4-8,15-17H,1,9-14H2,2-3H3/t15-,16+,17?/m0/s1. The predicted molar refractivity (Wildman–Crippen MR) is 129 cm³/mol. The van der Waals surface area contributed by atoms with Crippen molar-refractivity contribution in [1.82, 2.24) is 14.8 Å². The van der Waals surface area contributed by atoms with E-state index in [0.29, 0.717) is 19.5 Å². The van der Waals surface area contributed by atoms with Crippen molar-refractivity contribution in [2.45, 2.75) is 31.5 Å². The highest BCUT2D eigenvalue weighted by molar-refractivity contribution is 6.03. The summed E-state index contributed by atoms with van der Waals surface area (Å²) >= 11 is 0. The van der Waals surface area contributed by atoms with E-state index in [1.54, 1.807) is 23.0 Å². The van der Waals surface area contributed by atoms with Crippen LogP contribution >= 0.6 is 0 Å². The summed E-state index contributed by atoms with van der Waals surface area (Å²) in [6.45, 7) is 6.75. The Labute approximate surface area is 208 Å². The molecule has 2 fully saturated rings. The first-order valence-electron chi connectivity index (χ1n) is 12.0. The second-order valence-corrected chi connectivity index (χ2v) is 9.33. The van der Waals surface area contributed by atoms with Gasteiger partial charge in [0.25, 0.3) is 5.91 Å². The minimum Gasteiger partial charge on any atom is -0.487 e. The lowest BCUT2D eigenvalue weighted by atomic mass is 10.1. The second-order valence-electron chi connectivity index (χ2n) is 9.33. The molecule has 36 heavy (non-hydrogen) atoms. The first kappa shape index (κ1) is 24.2. The Morgan fingerprint density at radius 1 is 1.22 bits per heavy atom. The molecule has 0 bridgehead atoms. The monoisotopic (exact) mass is 498 g/mol. The van der Waals surface area contributed by atoms with Gasteiger partial charge in [0.15, 0.2) is 11.6 Å². The molecule has 0 aliphatic carbocycles. The van der Waals surface area contributed by atoms with E-state index in [4.69, 9.17) is 9.47 Å². The third-order valence-corrected chi connectivity index (χ3v) is 7.21. The Bertz CT molecular complexity index is 1220. The molecule has 1 aromatic carbocycles. The first-order chi connectivity index (χ1) is 17.3. The third kappa shape index (κ3) is 3.99. The number of amides is 2. The SMILES string of the molecule is C=CC(=O)N1CCN2C(=O)c3c(N4CC(OC)C[C@@H]4C)nc(-c4ccccc4F)c(F)c3OC[C@H]2C1. The number of ether oxygens (including phenoxy) is 2. The zero-order valence-electron chi connectivity index (χ0n) is 20.2. The number of carbonyl (C=O) groups is 2. The molecule has 8 nitrogen and oxygen atoms in total. The largest absolute Gasteiger partial charge is 0.487 e. The highest BCUT2D eigenvalue weighted by Crippen LogP contribution is 2.42. The normalized spacial score (nSPS) is 23.6. The van der Waals surface area contributed by atoms with E-state index in [1.807, 2.05) is 11.8 Å². The van der Waals surface area contributed by atoms with Crippen molar-refractivity contribution in [3.63, 3.8) is 0 Å². The fraction of sp³-hybridized carbons (Fsp3) is 0.423. The fourth-order valence-corrected chi connectivity index (χ4v) is 5.26. The van der Waals surface area contributed by atoms with Crippen molar-refractivity contribution in [2.24, 2.45) is 0 Å². The number of halogens is 2. The number of hydrogen-bond donors (Lipinski definition) is 0. The van der Waals surface area contributed by atoms with Crippen LogP contribution in [0.5, 0.6) is 5.75 Å². The smallest absolute Gasteiger partial charge is 0.262 e. The molecule has 190 valence electrons. The number of benzene rings is 1. The number of methoxy groups -OCH3 is 1. The predicted octanol–water partition coefficient (Wildman–Crippen LogP) is 2.87. The third-order valence-electron chi connectivity index (χ3n) is 7.21. The number of anilines is 1. The van der Waals surface area contributed by atoms with Gasteiger partial charge >= 0.3 is 0 Å². The van der Waals surface area contributed by atoms with Gasteiger partial charge in [-0.2, -0.15) is 0 Å². The molecule has 1 unspecified atom stereocenters. The van der Waals surface area contributed by atoms with Crippen LogP contribution in [-0.2, 0) is 9.53 Å². The maximum atomic E-state index is 16.0. The van der Waals surface area contributed by atoms with Gasteiger partial charge in [0.1, 0.15) is 29.5 Å². The Morgan fingerprint density at radius 2 is 2.00 bits per heavy atom. The van der Waals surface area contributed by atoms with Gasteiger partial charge in [-0.05, 0) is 31.6 Å². The summed E-state index contributed by atoms with van der Waals surface area (Å²) in [6.07, 6.45) is 1.83. The molecule has 2 aromatic rings. The molecule has 3 aliphatic rings. The van der Waals surface area contributed by atoms with E-state index in [1.165, 1.54) is 24.3 Å². The number of piperazine rings is 1. The van der Waals surface area contributed by atoms with Crippen LogP contribution < -0.4 is 9.64 Å². The molecule has 0 radical (unpaired) electrons. The number of rotatable bonds is 4. The lowest BCUT2D eigenvalue weighted by molar-refractivity contribution is -0.128. The Hall–Kier alpha value is -3.53. The second kappa shape index (κ2) is 9.50. The van der Waals surface area contributed by atoms with Crippen molar-refractivity contribution < 1.29 is 27.8 Å². The van der Waals surface area contributed by atoms with E-state index in [9.17, 15) is 14.0 Å². The topological polar surface area (TPSA) is 75.2 Å². The van der Waals surface area contributed by atoms with Gasteiger partial charge in [0.05, 0.1) is 12.1 Å². The molecular weight excluding hydrogens is 470 g/mol. The van der Waals surface area contributed by atoms with Crippen molar-refractivity contribution >= 4 is 17.6 Å². The highest BCUT2D eigenvalue weighted by atomic mass is 19.1. The number of carbonyl (C=O) groups excluding carboxylic acids is 2. The van der Waals surface area contributed by atoms with Crippen LogP contribution in [0, 0.1) is 11.6 Å². The summed E-state index contributed by atoms with van der Waals surface area (Å²) in [6, 6.07) is 5.26. The Kier molecular flexibility index (Phi) is 6.38. The molecule has 0 N–H and O–H groups in total. The minimum absolute atomic E-state index is 0.0159. The summed E-state index contributed by atoms with van der Waals surface area (Å²) < 4.78 is 42.2. The lowest BCUT2D eigenvalue weighted by Crippen LogP contribution is -2.57. The van der Waals surface area contributed by atoms with Gasteiger partial charge < -0.3 is 24.2 Å². The van der Waals surface area contributed by atoms with Gasteiger partial charge in [0.2, 0.25) is 5.91 Å². The maximum absolute atomic E-state index is 16.0. The zero-order valence-corrected chi connectivity index (χ0v) is 20.2. The average molecular weight is 499 g/mol. The van der Waals surface area contributed by atoms with Gasteiger partial charge in [-0.25, -0.2) is 13.8 Å². The fourth-order valence-electron chi connectivity index (χ4n) is 5.26. The average Bonchev–Trinajstić information content (AvgIpc) is 3.20. The van der Waals surface area contributed by atoms with E-state index in [2.05, 4.69) is 11.6 Å². The van der Waals surface area contributed by atoms with Crippen LogP contribution in [0.15, 0.2) is 36.9 Å². The quantitative estimate of drug-likeness (QED) is 0.604. The molecule has 10 heteroatoms. The zero-order chi connectivity index (χ0) is 25.6. The number of nitrogens with zero attached hydrogens (tertiary/aromatic N) is 4. The van der Waals surface area contributed by atoms with Crippen LogP contribution in [-0.4, -0.2) is 84.7 Å². The minimum atomic E-state index is -0.888. The molecule has 4 heterocycles. The van der Waals surface area contributed by atoms with E-state index >= 15 is 4.39 Å². The summed E-state index contributed by atoms with van der Waals surface area (Å²) in [7, 11) is 1.62. The molecule has 3 atom stereocenters. The summed E-state index contributed by atoms with van der Waals surface area (Å²) in [5.74, 6) is -2.18. The van der Waals surface area contributed by atoms with Crippen molar-refractivity contribution in [1.29, 1.82) is 0 Å². The summed E-state index contributed by atoms with van der Waals surface area (Å²) in [5.41, 5.74) is -0.219. The van der Waals surface area contributed by atoms with Crippen LogP contribution in [0.2, 0.25) is 0 Å². The number of hydrogen-bond acceptors (Lipinski definition) is 6. The van der Waals surface area contributed by atoms with Crippen LogP contribution in [0.3, 0.4) is 0 Å². The van der Waals surface area contributed by atoms with Crippen molar-refractivity contribution in [2.75, 3.05) is 44.8 Å². The molecular formula is C26H28F2N4O4. The van der Waals surface area contributed by atoms with Crippen molar-refractivity contribution in [3.8, 4) is 17.0 Å². The lowest BCUT2D eigenvalue weighted by Gasteiger charge is -2.39. The first-order valence-corrected chi connectivity index (χ1v) is 12.0. The Morgan fingerprint density at radius 3 is 2.69 bits per heavy atom. The molecule has 5 rings (SSSR count). The highest BCUT2D eigenvalue weighted by Gasteiger charge is 2.42. The molecule has 2 amide bonds. The maximum Gasteiger partial charge on any atom is 0.262 e. The number of fused-ring (bicyclic) bond motifs is 2. The van der Waals surface area contributed by atoms with Crippen LogP contribution in [0.25, 0.3) is 11.3 Å². The summed E-state index contributed by atoms with van der Waals surface area (Å²) in [4.78, 5) is 35.7.